The van der Waals surface area contributed by atoms with Gasteiger partial charge in [-0.15, -0.1) is 0 Å². The summed E-state index contributed by atoms with van der Waals surface area (Å²) in [5, 5.41) is 25.9. The molecule has 0 fully saturated rings. The van der Waals surface area contributed by atoms with E-state index in [0.717, 1.165) is 5.56 Å². The predicted octanol–water partition coefficient (Wildman–Crippen LogP) is -2.89. The first-order chi connectivity index (χ1) is 18.6. The molecule has 0 radical (unpaired) electrons. The van der Waals surface area contributed by atoms with Crippen molar-refractivity contribution in [3.05, 3.63) is 54.1 Å². The number of rotatable bonds is 16. The third-order valence-electron chi connectivity index (χ3n) is 5.62. The van der Waals surface area contributed by atoms with Gasteiger partial charge in [-0.1, -0.05) is 30.3 Å². The molecule has 1 aromatic heterocycles. The number of carboxylic acid groups (broad SMARTS) is 1. The highest BCUT2D eigenvalue weighted by Crippen LogP contribution is 2.07. The van der Waals surface area contributed by atoms with Crippen molar-refractivity contribution in [2.24, 2.45) is 22.2 Å². The molecule has 0 saturated carbocycles. The summed E-state index contributed by atoms with van der Waals surface area (Å²) < 4.78 is 0. The molecule has 39 heavy (non-hydrogen) atoms. The number of carbonyl (C=O) groups is 4. The number of guanidine groups is 1. The Labute approximate surface area is 224 Å². The number of nitrogens with one attached hydrogen (secondary N) is 4. The van der Waals surface area contributed by atoms with Crippen LogP contribution in [0.4, 0.5) is 0 Å². The van der Waals surface area contributed by atoms with Gasteiger partial charge in [-0.3, -0.25) is 19.4 Å². The SMILES string of the molecule is NC(N)=NCCCC(NC(=O)C(Cc1ccccc1)NC(=O)C(N)Cc1cnc[nH]1)C(=O)NC(CO)C(=O)O. The van der Waals surface area contributed by atoms with Gasteiger partial charge in [0, 0.05) is 31.3 Å². The number of H-pyrrole nitrogens is 1. The van der Waals surface area contributed by atoms with Crippen LogP contribution < -0.4 is 33.2 Å². The average molecular weight is 546 g/mol. The van der Waals surface area contributed by atoms with Gasteiger partial charge in [0.15, 0.2) is 5.96 Å². The van der Waals surface area contributed by atoms with Crippen LogP contribution in [0.15, 0.2) is 47.8 Å². The average Bonchev–Trinajstić information content (AvgIpc) is 3.41. The number of aliphatic carboxylic acids is 1. The summed E-state index contributed by atoms with van der Waals surface area (Å²) in [7, 11) is 0. The van der Waals surface area contributed by atoms with Crippen molar-refractivity contribution in [1.29, 1.82) is 0 Å². The maximum Gasteiger partial charge on any atom is 0.328 e. The molecule has 2 rings (SSSR count). The molecule has 1 aromatic carbocycles. The van der Waals surface area contributed by atoms with E-state index in [1.165, 1.54) is 12.5 Å². The van der Waals surface area contributed by atoms with Gasteiger partial charge < -0.3 is 48.3 Å². The second-order valence-electron chi connectivity index (χ2n) is 8.73. The van der Waals surface area contributed by atoms with E-state index in [0.29, 0.717) is 5.69 Å². The molecule has 12 N–H and O–H groups in total. The minimum absolute atomic E-state index is 0.0391. The predicted molar refractivity (Wildman–Crippen MR) is 141 cm³/mol. The summed E-state index contributed by atoms with van der Waals surface area (Å²) in [6.45, 7) is -0.701. The molecule has 4 atom stereocenters. The number of imidazole rings is 1. The van der Waals surface area contributed by atoms with Gasteiger partial charge in [0.1, 0.15) is 18.1 Å². The number of nitrogens with two attached hydrogens (primary N) is 3. The molecule has 15 nitrogen and oxygen atoms in total. The number of hydrogen-bond acceptors (Lipinski definition) is 8. The summed E-state index contributed by atoms with van der Waals surface area (Å²) in [5.41, 5.74) is 18.1. The minimum Gasteiger partial charge on any atom is -0.480 e. The number of aliphatic hydroxyl groups excluding tert-OH is 1. The van der Waals surface area contributed by atoms with Crippen LogP contribution in [0.1, 0.15) is 24.1 Å². The van der Waals surface area contributed by atoms with E-state index in [2.05, 4.69) is 30.9 Å². The zero-order valence-corrected chi connectivity index (χ0v) is 21.2. The third kappa shape index (κ3) is 10.8. The number of aliphatic imine (C=N–C) groups is 1. The molecule has 2 aromatic rings. The number of aromatic amines is 1. The van der Waals surface area contributed by atoms with Gasteiger partial charge in [-0.2, -0.15) is 0 Å². The third-order valence-corrected chi connectivity index (χ3v) is 5.62. The lowest BCUT2D eigenvalue weighted by Gasteiger charge is -2.25. The van der Waals surface area contributed by atoms with Gasteiger partial charge in [0.05, 0.1) is 19.0 Å². The Morgan fingerprint density at radius 2 is 1.59 bits per heavy atom. The number of carbonyl (C=O) groups excluding carboxylic acids is 3. The lowest BCUT2D eigenvalue weighted by atomic mass is 10.0. The lowest BCUT2D eigenvalue weighted by Crippen LogP contribution is -2.58. The van der Waals surface area contributed by atoms with Crippen molar-refractivity contribution in [3.63, 3.8) is 0 Å². The van der Waals surface area contributed by atoms with Crippen LogP contribution in [-0.2, 0) is 32.0 Å². The van der Waals surface area contributed by atoms with E-state index in [-0.39, 0.29) is 38.2 Å². The first-order valence-corrected chi connectivity index (χ1v) is 12.2. The van der Waals surface area contributed by atoms with Crippen molar-refractivity contribution in [2.45, 2.75) is 49.9 Å². The van der Waals surface area contributed by atoms with Crippen molar-refractivity contribution >= 4 is 29.7 Å². The number of hydrogen-bond donors (Lipinski definition) is 9. The molecular weight excluding hydrogens is 510 g/mol. The molecule has 0 saturated heterocycles. The summed E-state index contributed by atoms with van der Waals surface area (Å²) in [5.74, 6) is -3.73. The van der Waals surface area contributed by atoms with Crippen LogP contribution in [0.2, 0.25) is 0 Å². The number of nitrogens with zero attached hydrogens (tertiary/aromatic N) is 2. The zero-order chi connectivity index (χ0) is 28.8. The minimum atomic E-state index is -1.57. The molecular formula is C24H35N9O6. The molecule has 0 bridgehead atoms. The van der Waals surface area contributed by atoms with Gasteiger partial charge in [-0.25, -0.2) is 9.78 Å². The zero-order valence-electron chi connectivity index (χ0n) is 21.2. The summed E-state index contributed by atoms with van der Waals surface area (Å²) in [6, 6.07) is 4.00. The van der Waals surface area contributed by atoms with Crippen LogP contribution in [0.25, 0.3) is 0 Å². The molecule has 0 spiro atoms. The molecule has 4 unspecified atom stereocenters. The smallest absolute Gasteiger partial charge is 0.328 e. The van der Waals surface area contributed by atoms with E-state index in [1.807, 2.05) is 0 Å². The molecule has 1 heterocycles. The van der Waals surface area contributed by atoms with Gasteiger partial charge in [0.2, 0.25) is 17.7 Å². The van der Waals surface area contributed by atoms with Gasteiger partial charge >= 0.3 is 5.97 Å². The topological polar surface area (TPSA) is 264 Å². The lowest BCUT2D eigenvalue weighted by molar-refractivity contribution is -0.143. The number of benzene rings is 1. The Hall–Kier alpha value is -4.50. The Bertz CT molecular complexity index is 1110. The molecule has 15 heteroatoms. The van der Waals surface area contributed by atoms with Crippen molar-refractivity contribution in [2.75, 3.05) is 13.2 Å². The normalized spacial score (nSPS) is 13.8. The second kappa shape index (κ2) is 15.7. The number of amides is 3. The monoisotopic (exact) mass is 545 g/mol. The van der Waals surface area contributed by atoms with Crippen molar-refractivity contribution in [3.8, 4) is 0 Å². The molecule has 0 aliphatic rings. The highest BCUT2D eigenvalue weighted by molar-refractivity contribution is 5.94. The van der Waals surface area contributed by atoms with Crippen LogP contribution in [0.3, 0.4) is 0 Å². The van der Waals surface area contributed by atoms with Crippen LogP contribution in [0.5, 0.6) is 0 Å². The van der Waals surface area contributed by atoms with Crippen molar-refractivity contribution < 1.29 is 29.4 Å². The van der Waals surface area contributed by atoms with E-state index < -0.39 is 54.5 Å². The highest BCUT2D eigenvalue weighted by Gasteiger charge is 2.30. The fourth-order valence-electron chi connectivity index (χ4n) is 3.57. The van der Waals surface area contributed by atoms with E-state index >= 15 is 0 Å². The molecule has 0 aliphatic heterocycles. The van der Waals surface area contributed by atoms with Crippen molar-refractivity contribution in [1.82, 2.24) is 25.9 Å². The molecule has 212 valence electrons. The fourth-order valence-corrected chi connectivity index (χ4v) is 3.57. The second-order valence-corrected chi connectivity index (χ2v) is 8.73. The maximum absolute atomic E-state index is 13.4. The maximum atomic E-state index is 13.4. The van der Waals surface area contributed by atoms with Gasteiger partial charge in [0.25, 0.3) is 0 Å². The van der Waals surface area contributed by atoms with Gasteiger partial charge in [-0.05, 0) is 18.4 Å². The number of aliphatic hydroxyl groups is 1. The molecule has 3 amide bonds. The Morgan fingerprint density at radius 1 is 0.949 bits per heavy atom. The van der Waals surface area contributed by atoms with Crippen LogP contribution >= 0.6 is 0 Å². The Kier molecular flexibility index (Phi) is 12.4. The number of carboxylic acids is 1. The summed E-state index contributed by atoms with van der Waals surface area (Å²) in [4.78, 5) is 61.0. The largest absolute Gasteiger partial charge is 0.480 e. The van der Waals surface area contributed by atoms with E-state index in [4.69, 9.17) is 17.2 Å². The highest BCUT2D eigenvalue weighted by atomic mass is 16.4. The molecule has 0 aliphatic carbocycles. The fraction of sp³-hybridized carbons (Fsp3) is 0.417. The first-order valence-electron chi connectivity index (χ1n) is 12.2. The number of aromatic nitrogens is 2. The van der Waals surface area contributed by atoms with Crippen LogP contribution in [0, 0.1) is 0 Å². The standard InChI is InChI=1S/C24H35N9O6/c25-16(10-15-11-28-13-30-15)20(35)32-18(9-14-5-2-1-3-6-14)22(37)31-17(7-4-8-29-24(26)27)21(36)33-19(12-34)23(38)39/h1-3,5-6,11,13,16-19,34H,4,7-10,12,25H2,(H,28,30)(H,31,37)(H,32,35)(H,33,36)(H,38,39)(H4,26,27,29). The van der Waals surface area contributed by atoms with Crippen LogP contribution in [-0.4, -0.2) is 87.2 Å². The quantitative estimate of drug-likeness (QED) is 0.0590. The summed E-state index contributed by atoms with van der Waals surface area (Å²) >= 11 is 0. The summed E-state index contributed by atoms with van der Waals surface area (Å²) in [6.07, 6.45) is 3.53. The first kappa shape index (κ1) is 30.7. The van der Waals surface area contributed by atoms with E-state index in [9.17, 15) is 29.4 Å². The van der Waals surface area contributed by atoms with E-state index in [1.54, 1.807) is 30.3 Å². The Balaban J connectivity index is 2.20. The Morgan fingerprint density at radius 3 is 2.18 bits per heavy atom.